The third kappa shape index (κ3) is 5.88. The first kappa shape index (κ1) is 23.2. The Hall–Kier alpha value is 0.164. The Labute approximate surface area is 154 Å². The molecule has 0 N–H and O–H groups in total. The second kappa shape index (κ2) is 10.9. The van der Waals surface area contributed by atoms with Gasteiger partial charge in [-0.3, -0.25) is 0 Å². The van der Waals surface area contributed by atoms with E-state index in [0.29, 0.717) is 17.6 Å². The molecule has 23 heavy (non-hydrogen) atoms. The third-order valence-corrected chi connectivity index (χ3v) is 10.4. The zero-order valence-electron chi connectivity index (χ0n) is 17.6. The molecular weight excluding hydrogens is 382 g/mol. The van der Waals surface area contributed by atoms with E-state index in [1.54, 1.807) is 5.47 Å². The van der Waals surface area contributed by atoms with Crippen LogP contribution in [0.25, 0.3) is 0 Å². The molecule has 0 aliphatic carbocycles. The fourth-order valence-electron chi connectivity index (χ4n) is 4.39. The van der Waals surface area contributed by atoms with Crippen molar-refractivity contribution in [2.24, 2.45) is 5.92 Å². The topological polar surface area (TPSA) is 0 Å². The van der Waals surface area contributed by atoms with Gasteiger partial charge in [0.15, 0.2) is 0 Å². The minimum absolute atomic E-state index is 0.631. The first-order chi connectivity index (χ1) is 10.7. The van der Waals surface area contributed by atoms with Crippen molar-refractivity contribution in [3.8, 4) is 11.7 Å². The molecule has 0 saturated carbocycles. The predicted octanol–water partition coefficient (Wildman–Crippen LogP) is 7.18. The molecule has 0 aromatic heterocycles. The van der Waals surface area contributed by atoms with E-state index in [1.165, 1.54) is 19.3 Å². The van der Waals surface area contributed by atoms with E-state index in [0.717, 1.165) is 6.42 Å². The zero-order valence-corrected chi connectivity index (χ0v) is 20.5. The molecule has 0 aromatic carbocycles. The molecule has 0 heterocycles. The molecule has 0 rings (SSSR count). The molecule has 0 nitrogen and oxygen atoms in total. The van der Waals surface area contributed by atoms with Crippen LogP contribution in [0.15, 0.2) is 9.06 Å². The summed E-state index contributed by atoms with van der Waals surface area (Å²) in [5.74, 6) is 9.36. The standard InChI is InChI=1S/C19H35B.2CH3.Sn/c1-9-11-13-15-20(17(5)6,18(7)8)19(16(3)4)14-12-10-2;;;/h16-18H,9-12H2,1-8H3;2*1H3;/q-1;;;+1. The summed E-state index contributed by atoms with van der Waals surface area (Å²) < 4.78 is 1.89. The van der Waals surface area contributed by atoms with Gasteiger partial charge in [0.1, 0.15) is 0 Å². The van der Waals surface area contributed by atoms with Gasteiger partial charge in [-0.05, 0) is 0 Å². The van der Waals surface area contributed by atoms with E-state index in [2.05, 4.69) is 77.0 Å². The molecule has 0 amide bonds. The van der Waals surface area contributed by atoms with E-state index >= 15 is 0 Å². The van der Waals surface area contributed by atoms with E-state index in [1.807, 2.05) is 3.59 Å². The summed E-state index contributed by atoms with van der Waals surface area (Å²) >= 11 is -1.41. The monoisotopic (exact) mass is 424 g/mol. The van der Waals surface area contributed by atoms with Crippen LogP contribution < -0.4 is 0 Å². The molecule has 2 heteroatoms. The van der Waals surface area contributed by atoms with Gasteiger partial charge in [0.2, 0.25) is 0 Å². The summed E-state index contributed by atoms with van der Waals surface area (Å²) in [5, 5.41) is 0. The van der Waals surface area contributed by atoms with Gasteiger partial charge in [-0.1, -0.05) is 0 Å². The van der Waals surface area contributed by atoms with Crippen molar-refractivity contribution < 1.29 is 0 Å². The number of hydrogen-bond donors (Lipinski definition) is 0. The number of hydrogen-bond acceptors (Lipinski definition) is 0. The molecule has 0 unspecified atom stereocenters. The van der Waals surface area contributed by atoms with Crippen LogP contribution in [0, 0.1) is 17.7 Å². The maximum atomic E-state index is 3.89. The summed E-state index contributed by atoms with van der Waals surface area (Å²) in [6.07, 6.45) is 4.04. The quantitative estimate of drug-likeness (QED) is 0.287. The maximum absolute atomic E-state index is 3.89. The Kier molecular flexibility index (Phi) is 11.0. The molecular formula is C21H41BSn. The van der Waals surface area contributed by atoms with E-state index in [-0.39, 0.29) is 0 Å². The van der Waals surface area contributed by atoms with Crippen LogP contribution in [0.2, 0.25) is 21.5 Å². The number of rotatable bonds is 8. The van der Waals surface area contributed by atoms with Crippen molar-refractivity contribution in [3.05, 3.63) is 9.06 Å². The van der Waals surface area contributed by atoms with Gasteiger partial charge < -0.3 is 0 Å². The Morgan fingerprint density at radius 2 is 1.43 bits per heavy atom. The molecule has 0 saturated heterocycles. The van der Waals surface area contributed by atoms with Crippen LogP contribution in [0.5, 0.6) is 0 Å². The molecule has 0 aromatic rings. The average molecular weight is 423 g/mol. The molecule has 132 valence electrons. The minimum atomic E-state index is -1.41. The van der Waals surface area contributed by atoms with Crippen molar-refractivity contribution in [2.75, 3.05) is 0 Å². The van der Waals surface area contributed by atoms with Crippen LogP contribution in [0.3, 0.4) is 0 Å². The van der Waals surface area contributed by atoms with Crippen LogP contribution in [0.4, 0.5) is 0 Å². The first-order valence-corrected chi connectivity index (χ1v) is 17.0. The van der Waals surface area contributed by atoms with Crippen LogP contribution >= 0.6 is 0 Å². The summed E-state index contributed by atoms with van der Waals surface area (Å²) in [6, 6.07) is 0. The average Bonchev–Trinajstić information content (AvgIpc) is 2.43. The summed E-state index contributed by atoms with van der Waals surface area (Å²) in [6.45, 7) is 19.1. The molecule has 0 aliphatic heterocycles. The third-order valence-electron chi connectivity index (χ3n) is 5.41. The summed E-state index contributed by atoms with van der Waals surface area (Å²) in [7, 11) is 0. The fourth-order valence-corrected chi connectivity index (χ4v) is 9.68. The number of unbranched alkanes of at least 4 members (excludes halogenated alkanes) is 1. The van der Waals surface area contributed by atoms with Gasteiger partial charge >= 0.3 is 155 Å². The van der Waals surface area contributed by atoms with Gasteiger partial charge in [0.25, 0.3) is 0 Å². The summed E-state index contributed by atoms with van der Waals surface area (Å²) in [5.41, 5.74) is 1.79. The molecule has 0 spiro atoms. The number of allylic oxidation sites excluding steroid dienone is 2. The van der Waals surface area contributed by atoms with Gasteiger partial charge in [-0.25, -0.2) is 0 Å². The van der Waals surface area contributed by atoms with Crippen LogP contribution in [0.1, 0.15) is 81.1 Å². The normalized spacial score (nSPS) is 13.3. The zero-order chi connectivity index (χ0) is 18.2. The van der Waals surface area contributed by atoms with Gasteiger partial charge in [0.05, 0.1) is 0 Å². The van der Waals surface area contributed by atoms with Crippen molar-refractivity contribution in [1.82, 2.24) is 0 Å². The SMILES string of the molecule is CCCC#C[B-](/C(=[C](/CCC)[Sn+]([CH3])[CH3])C(C)C)(C(C)C)C(C)C. The molecule has 0 aliphatic rings. The van der Waals surface area contributed by atoms with Crippen LogP contribution in [-0.4, -0.2) is 25.9 Å². The molecule has 0 atom stereocenters. The fraction of sp³-hybridized carbons (Fsp3) is 0.810. The second-order valence-corrected chi connectivity index (χ2v) is 15.8. The molecule has 0 bridgehead atoms. The Balaban J connectivity index is 6.58. The second-order valence-electron chi connectivity index (χ2n) is 8.40. The van der Waals surface area contributed by atoms with Crippen molar-refractivity contribution in [1.29, 1.82) is 0 Å². The van der Waals surface area contributed by atoms with E-state index in [9.17, 15) is 0 Å². The summed E-state index contributed by atoms with van der Waals surface area (Å²) in [4.78, 5) is 5.13. The van der Waals surface area contributed by atoms with E-state index < -0.39 is 25.9 Å². The Morgan fingerprint density at radius 1 is 0.913 bits per heavy atom. The Morgan fingerprint density at radius 3 is 1.74 bits per heavy atom. The van der Waals surface area contributed by atoms with E-state index in [4.69, 9.17) is 0 Å². The molecule has 0 fully saturated rings. The van der Waals surface area contributed by atoms with Gasteiger partial charge in [-0.15, -0.1) is 0 Å². The van der Waals surface area contributed by atoms with Crippen molar-refractivity contribution in [3.63, 3.8) is 0 Å². The van der Waals surface area contributed by atoms with Gasteiger partial charge in [-0.2, -0.15) is 0 Å². The van der Waals surface area contributed by atoms with Crippen molar-refractivity contribution >= 4 is 25.9 Å². The predicted molar refractivity (Wildman–Crippen MR) is 113 cm³/mol. The Bertz CT molecular complexity index is 424. The van der Waals surface area contributed by atoms with Gasteiger partial charge in [0, 0.05) is 0 Å². The first-order valence-electron chi connectivity index (χ1n) is 9.87. The van der Waals surface area contributed by atoms with Crippen molar-refractivity contribution in [2.45, 2.75) is 103 Å². The van der Waals surface area contributed by atoms with Crippen LogP contribution in [-0.2, 0) is 0 Å². The molecule has 0 radical (unpaired) electrons.